The average molecular weight is 394 g/mol. The summed E-state index contributed by atoms with van der Waals surface area (Å²) in [5, 5.41) is 0. The van der Waals surface area contributed by atoms with Gasteiger partial charge in [0.1, 0.15) is 11.5 Å². The SMILES string of the molecule is CCCCCCCCCCCc1c[nH]c(C=C2N=C(c3ccc[nH]3)C=C2OC)c1. The number of hydrogen-bond donors (Lipinski definition) is 2. The van der Waals surface area contributed by atoms with Crippen molar-refractivity contribution >= 4 is 11.8 Å². The van der Waals surface area contributed by atoms with Gasteiger partial charge in [0.15, 0.2) is 0 Å². The first kappa shape index (κ1) is 21.2. The molecular formula is C25H35N3O. The average Bonchev–Trinajstić information content (AvgIpc) is 3.48. The van der Waals surface area contributed by atoms with Crippen LogP contribution in [0.2, 0.25) is 0 Å². The van der Waals surface area contributed by atoms with Gasteiger partial charge in [-0.25, -0.2) is 4.99 Å². The van der Waals surface area contributed by atoms with Crippen LogP contribution in [0.3, 0.4) is 0 Å². The number of H-pyrrole nitrogens is 2. The molecule has 0 spiro atoms. The summed E-state index contributed by atoms with van der Waals surface area (Å²) in [4.78, 5) is 11.3. The van der Waals surface area contributed by atoms with Gasteiger partial charge in [-0.2, -0.15) is 0 Å². The van der Waals surface area contributed by atoms with E-state index in [0.29, 0.717) is 0 Å². The van der Waals surface area contributed by atoms with Gasteiger partial charge in [0.25, 0.3) is 0 Å². The molecule has 2 aromatic heterocycles. The number of aliphatic imine (C=N–C) groups is 1. The number of unbranched alkanes of at least 4 members (excludes halogenated alkanes) is 8. The van der Waals surface area contributed by atoms with Crippen LogP contribution in [0.1, 0.15) is 81.7 Å². The highest BCUT2D eigenvalue weighted by Gasteiger charge is 2.17. The maximum atomic E-state index is 5.51. The maximum Gasteiger partial charge on any atom is 0.146 e. The Morgan fingerprint density at radius 1 is 1.00 bits per heavy atom. The number of allylic oxidation sites excluding steroid dienone is 1. The molecule has 4 heteroatoms. The van der Waals surface area contributed by atoms with Gasteiger partial charge in [0.2, 0.25) is 0 Å². The molecule has 0 saturated heterocycles. The summed E-state index contributed by atoms with van der Waals surface area (Å²) in [5.74, 6) is 0.796. The van der Waals surface area contributed by atoms with Crippen LogP contribution >= 0.6 is 0 Å². The van der Waals surface area contributed by atoms with Crippen molar-refractivity contribution < 1.29 is 4.74 Å². The van der Waals surface area contributed by atoms with Crippen LogP contribution in [0.25, 0.3) is 6.08 Å². The highest BCUT2D eigenvalue weighted by Crippen LogP contribution is 2.24. The number of nitrogens with one attached hydrogen (secondary N) is 2. The van der Waals surface area contributed by atoms with Crippen LogP contribution in [0, 0.1) is 0 Å². The fourth-order valence-corrected chi connectivity index (χ4v) is 3.78. The van der Waals surface area contributed by atoms with Crippen LogP contribution in [0.5, 0.6) is 0 Å². The largest absolute Gasteiger partial charge is 0.494 e. The zero-order valence-electron chi connectivity index (χ0n) is 18.0. The summed E-state index contributed by atoms with van der Waals surface area (Å²) in [6.45, 7) is 2.28. The van der Waals surface area contributed by atoms with Crippen molar-refractivity contribution in [3.05, 3.63) is 65.1 Å². The number of methoxy groups -OCH3 is 1. The van der Waals surface area contributed by atoms with E-state index < -0.39 is 0 Å². The van der Waals surface area contributed by atoms with Crippen molar-refractivity contribution in [2.45, 2.75) is 71.1 Å². The number of aryl methyl sites for hydroxylation is 1. The molecule has 3 rings (SSSR count). The van der Waals surface area contributed by atoms with E-state index in [-0.39, 0.29) is 0 Å². The van der Waals surface area contributed by atoms with Crippen LogP contribution in [0.4, 0.5) is 0 Å². The van der Waals surface area contributed by atoms with Crippen LogP contribution in [0.15, 0.2) is 53.1 Å². The molecule has 0 radical (unpaired) electrons. The molecule has 2 aromatic rings. The Hall–Kier alpha value is -2.49. The molecule has 0 saturated carbocycles. The molecule has 3 heterocycles. The van der Waals surface area contributed by atoms with Gasteiger partial charge in [-0.1, -0.05) is 58.3 Å². The molecule has 29 heavy (non-hydrogen) atoms. The molecule has 0 aromatic carbocycles. The lowest BCUT2D eigenvalue weighted by molar-refractivity contribution is 0.303. The second kappa shape index (κ2) is 11.5. The minimum absolute atomic E-state index is 0.796. The van der Waals surface area contributed by atoms with E-state index in [4.69, 9.17) is 9.73 Å². The van der Waals surface area contributed by atoms with Gasteiger partial charge in [0, 0.05) is 24.2 Å². The predicted octanol–water partition coefficient (Wildman–Crippen LogP) is 6.79. The van der Waals surface area contributed by atoms with E-state index in [9.17, 15) is 0 Å². The third kappa shape index (κ3) is 6.52. The van der Waals surface area contributed by atoms with E-state index in [1.165, 1.54) is 63.4 Å². The first-order chi connectivity index (χ1) is 14.3. The van der Waals surface area contributed by atoms with Gasteiger partial charge in [0.05, 0.1) is 18.5 Å². The van der Waals surface area contributed by atoms with E-state index in [1.807, 2.05) is 24.4 Å². The molecule has 156 valence electrons. The summed E-state index contributed by atoms with van der Waals surface area (Å²) in [7, 11) is 1.69. The highest BCUT2D eigenvalue weighted by atomic mass is 16.5. The second-order valence-corrected chi connectivity index (χ2v) is 7.86. The van der Waals surface area contributed by atoms with Crippen molar-refractivity contribution in [3.8, 4) is 0 Å². The van der Waals surface area contributed by atoms with Crippen molar-refractivity contribution in [2.75, 3.05) is 7.11 Å². The zero-order chi connectivity index (χ0) is 20.3. The van der Waals surface area contributed by atoms with Crippen molar-refractivity contribution in [3.63, 3.8) is 0 Å². The fraction of sp³-hybridized carbons (Fsp3) is 0.480. The molecule has 0 atom stereocenters. The van der Waals surface area contributed by atoms with E-state index in [1.54, 1.807) is 7.11 Å². The number of ether oxygens (including phenoxy) is 1. The Morgan fingerprint density at radius 3 is 2.45 bits per heavy atom. The molecule has 2 N–H and O–H groups in total. The quantitative estimate of drug-likeness (QED) is 0.362. The van der Waals surface area contributed by atoms with Gasteiger partial charge in [-0.05, 0) is 42.7 Å². The molecule has 0 fully saturated rings. The zero-order valence-corrected chi connectivity index (χ0v) is 18.0. The molecule has 4 nitrogen and oxygen atoms in total. The van der Waals surface area contributed by atoms with Crippen molar-refractivity contribution in [1.82, 2.24) is 9.97 Å². The molecule has 0 amide bonds. The van der Waals surface area contributed by atoms with E-state index in [0.717, 1.165) is 35.0 Å². The summed E-state index contributed by atoms with van der Waals surface area (Å²) in [5.41, 5.74) is 5.20. The van der Waals surface area contributed by atoms with Crippen molar-refractivity contribution in [2.24, 2.45) is 4.99 Å². The van der Waals surface area contributed by atoms with Gasteiger partial charge < -0.3 is 14.7 Å². The first-order valence-corrected chi connectivity index (χ1v) is 11.2. The summed E-state index contributed by atoms with van der Waals surface area (Å²) in [6.07, 6.45) is 21.5. The Kier molecular flexibility index (Phi) is 8.41. The Bertz CT molecular complexity index is 824. The topological polar surface area (TPSA) is 53.2 Å². The normalized spacial score (nSPS) is 15.0. The van der Waals surface area contributed by atoms with Crippen molar-refractivity contribution in [1.29, 1.82) is 0 Å². The minimum atomic E-state index is 0.796. The smallest absolute Gasteiger partial charge is 0.146 e. The molecule has 0 aliphatic carbocycles. The Balaban J connectivity index is 1.44. The summed E-state index contributed by atoms with van der Waals surface area (Å²) >= 11 is 0. The predicted molar refractivity (Wildman–Crippen MR) is 122 cm³/mol. The van der Waals surface area contributed by atoms with Crippen LogP contribution in [-0.4, -0.2) is 22.8 Å². The lowest BCUT2D eigenvalue weighted by Crippen LogP contribution is -1.93. The number of hydrogen-bond acceptors (Lipinski definition) is 2. The number of rotatable bonds is 13. The molecule has 0 bridgehead atoms. The molecule has 1 aliphatic heterocycles. The number of nitrogens with zero attached hydrogens (tertiary/aromatic N) is 1. The third-order valence-electron chi connectivity index (χ3n) is 5.48. The standard InChI is InChI=1S/C25H35N3O/c1-3-4-5-6-7-8-9-10-11-13-20-16-21(27-19-20)17-24-25(29-2)18-23(28-24)22-14-12-15-26-22/h12,14-19,26-27H,3-11,13H2,1-2H3. The van der Waals surface area contributed by atoms with E-state index in [2.05, 4.69) is 35.2 Å². The Labute approximate surface area is 175 Å². The third-order valence-corrected chi connectivity index (χ3v) is 5.48. The molecular weight excluding hydrogens is 358 g/mol. The minimum Gasteiger partial charge on any atom is -0.494 e. The van der Waals surface area contributed by atoms with E-state index >= 15 is 0 Å². The van der Waals surface area contributed by atoms with Crippen LogP contribution < -0.4 is 0 Å². The number of aromatic amines is 2. The molecule has 1 aliphatic rings. The number of aromatic nitrogens is 2. The summed E-state index contributed by atoms with van der Waals surface area (Å²) in [6, 6.07) is 6.22. The maximum absolute atomic E-state index is 5.51. The fourth-order valence-electron chi connectivity index (χ4n) is 3.78. The van der Waals surface area contributed by atoms with Gasteiger partial charge >= 0.3 is 0 Å². The molecule has 0 unspecified atom stereocenters. The first-order valence-electron chi connectivity index (χ1n) is 11.2. The lowest BCUT2D eigenvalue weighted by atomic mass is 10.0. The van der Waals surface area contributed by atoms with Gasteiger partial charge in [-0.15, -0.1) is 0 Å². The van der Waals surface area contributed by atoms with Crippen LogP contribution in [-0.2, 0) is 11.2 Å². The van der Waals surface area contributed by atoms with Gasteiger partial charge in [-0.3, -0.25) is 0 Å². The highest BCUT2D eigenvalue weighted by molar-refractivity contribution is 6.11. The second-order valence-electron chi connectivity index (χ2n) is 7.86. The summed E-state index contributed by atoms with van der Waals surface area (Å²) < 4.78 is 5.51. The lowest BCUT2D eigenvalue weighted by Gasteiger charge is -2.01. The Morgan fingerprint density at radius 2 is 1.76 bits per heavy atom. The monoisotopic (exact) mass is 393 g/mol.